The van der Waals surface area contributed by atoms with Crippen LogP contribution in [0.1, 0.15) is 44.9 Å². The van der Waals surface area contributed by atoms with Crippen LogP contribution in [0.15, 0.2) is 0 Å². The third kappa shape index (κ3) is 4.07. The molecule has 0 bridgehead atoms. The first kappa shape index (κ1) is 18.2. The van der Waals surface area contributed by atoms with Gasteiger partial charge < -0.3 is 5.32 Å². The smallest absolute Gasteiger partial charge is 0.281 e. The van der Waals surface area contributed by atoms with E-state index in [4.69, 9.17) is 0 Å². The van der Waals surface area contributed by atoms with Crippen molar-refractivity contribution in [1.82, 2.24) is 13.9 Å². The largest absolute Gasteiger partial charge is 0.317 e. The molecule has 0 amide bonds. The summed E-state index contributed by atoms with van der Waals surface area (Å²) in [4.78, 5) is 0. The Balaban J connectivity index is 0.00000200. The summed E-state index contributed by atoms with van der Waals surface area (Å²) in [6.07, 6.45) is 7.42. The molecule has 0 spiro atoms. The van der Waals surface area contributed by atoms with E-state index in [1.807, 2.05) is 7.05 Å². The maximum atomic E-state index is 12.6. The molecule has 0 radical (unpaired) electrons. The topological polar surface area (TPSA) is 52.7 Å². The van der Waals surface area contributed by atoms with Crippen molar-refractivity contribution in [3.8, 4) is 0 Å². The van der Waals surface area contributed by atoms with Gasteiger partial charge in [-0.05, 0) is 32.7 Å². The summed E-state index contributed by atoms with van der Waals surface area (Å²) in [5.74, 6) is 0. The van der Waals surface area contributed by atoms with Crippen molar-refractivity contribution in [3.63, 3.8) is 0 Å². The summed E-state index contributed by atoms with van der Waals surface area (Å²) in [5, 5.41) is 3.23. The summed E-state index contributed by atoms with van der Waals surface area (Å²) in [5.41, 5.74) is 0. The predicted molar refractivity (Wildman–Crippen MR) is 84.5 cm³/mol. The Hall–Kier alpha value is 0.120. The molecule has 0 unspecified atom stereocenters. The van der Waals surface area contributed by atoms with Crippen molar-refractivity contribution in [2.24, 2.45) is 0 Å². The second-order valence-electron chi connectivity index (χ2n) is 5.78. The molecule has 1 heterocycles. The summed E-state index contributed by atoms with van der Waals surface area (Å²) >= 11 is 0. The van der Waals surface area contributed by atoms with E-state index in [9.17, 15) is 8.42 Å². The molecule has 0 atom stereocenters. The van der Waals surface area contributed by atoms with E-state index in [1.54, 1.807) is 15.7 Å². The summed E-state index contributed by atoms with van der Waals surface area (Å²) in [6, 6.07) is 0.673. The lowest BCUT2D eigenvalue weighted by atomic mass is 9.96. The standard InChI is InChI=1S/C13H27N3O2S.ClH/c1-14-12-8-10-16(11-9-12)19(17,18)15(2)13-6-4-3-5-7-13;/h12-14H,3-11H2,1-2H3;1H. The Bertz CT molecular complexity index is 377. The van der Waals surface area contributed by atoms with Crippen molar-refractivity contribution in [2.45, 2.75) is 57.0 Å². The molecular formula is C13H28ClN3O2S. The highest BCUT2D eigenvalue weighted by atomic mass is 35.5. The van der Waals surface area contributed by atoms with Crippen LogP contribution in [0.2, 0.25) is 0 Å². The van der Waals surface area contributed by atoms with Crippen LogP contribution in [-0.2, 0) is 10.2 Å². The molecule has 5 nitrogen and oxygen atoms in total. The Morgan fingerprint density at radius 1 is 1.05 bits per heavy atom. The van der Waals surface area contributed by atoms with E-state index in [0.717, 1.165) is 38.5 Å². The first-order chi connectivity index (χ1) is 9.05. The number of nitrogens with zero attached hydrogens (tertiary/aromatic N) is 2. The van der Waals surface area contributed by atoms with Crippen LogP contribution in [0, 0.1) is 0 Å². The number of piperidine rings is 1. The zero-order chi connectivity index (χ0) is 13.9. The fourth-order valence-electron chi connectivity index (χ4n) is 3.19. The predicted octanol–water partition coefficient (Wildman–Crippen LogP) is 1.60. The summed E-state index contributed by atoms with van der Waals surface area (Å²) < 4.78 is 28.5. The van der Waals surface area contributed by atoms with Crippen LogP contribution >= 0.6 is 12.4 Å². The van der Waals surface area contributed by atoms with Crippen LogP contribution in [0.25, 0.3) is 0 Å². The van der Waals surface area contributed by atoms with Gasteiger partial charge in [-0.25, -0.2) is 0 Å². The molecule has 2 aliphatic rings. The molecular weight excluding hydrogens is 298 g/mol. The van der Waals surface area contributed by atoms with Gasteiger partial charge in [0.05, 0.1) is 0 Å². The molecule has 1 saturated carbocycles. The highest BCUT2D eigenvalue weighted by Crippen LogP contribution is 2.25. The average Bonchev–Trinajstić information content (AvgIpc) is 2.47. The van der Waals surface area contributed by atoms with Gasteiger partial charge in [-0.2, -0.15) is 17.0 Å². The number of rotatable bonds is 4. The molecule has 2 rings (SSSR count). The molecule has 0 aromatic heterocycles. The Labute approximate surface area is 129 Å². The molecule has 1 aliphatic carbocycles. The summed E-state index contributed by atoms with van der Waals surface area (Å²) in [7, 11) is 0.452. The van der Waals surface area contributed by atoms with Gasteiger partial charge in [-0.1, -0.05) is 19.3 Å². The second-order valence-corrected chi connectivity index (χ2v) is 7.77. The van der Waals surface area contributed by atoms with Gasteiger partial charge in [0.15, 0.2) is 0 Å². The maximum absolute atomic E-state index is 12.6. The number of hydrogen-bond acceptors (Lipinski definition) is 3. The van der Waals surface area contributed by atoms with Crippen LogP contribution in [-0.4, -0.2) is 56.3 Å². The lowest BCUT2D eigenvalue weighted by Crippen LogP contribution is -2.51. The van der Waals surface area contributed by atoms with Gasteiger partial charge in [-0.15, -0.1) is 12.4 Å². The van der Waals surface area contributed by atoms with Crippen molar-refractivity contribution >= 4 is 22.6 Å². The van der Waals surface area contributed by atoms with Gasteiger partial charge in [0, 0.05) is 32.2 Å². The lowest BCUT2D eigenvalue weighted by Gasteiger charge is -2.37. The van der Waals surface area contributed by atoms with E-state index in [1.165, 1.54) is 6.42 Å². The minimum absolute atomic E-state index is 0. The van der Waals surface area contributed by atoms with E-state index in [0.29, 0.717) is 19.1 Å². The van der Waals surface area contributed by atoms with E-state index in [2.05, 4.69) is 5.32 Å². The fraction of sp³-hybridized carbons (Fsp3) is 1.00. The SMILES string of the molecule is CNC1CCN(S(=O)(=O)N(C)C2CCCCC2)CC1.Cl. The minimum atomic E-state index is -3.25. The quantitative estimate of drug-likeness (QED) is 0.854. The van der Waals surface area contributed by atoms with Crippen molar-refractivity contribution in [1.29, 1.82) is 0 Å². The van der Waals surface area contributed by atoms with E-state index >= 15 is 0 Å². The molecule has 0 aromatic carbocycles. The fourth-order valence-corrected chi connectivity index (χ4v) is 4.81. The van der Waals surface area contributed by atoms with E-state index < -0.39 is 10.2 Å². The van der Waals surface area contributed by atoms with Gasteiger partial charge in [-0.3, -0.25) is 0 Å². The van der Waals surface area contributed by atoms with Crippen LogP contribution in [0.3, 0.4) is 0 Å². The highest BCUT2D eigenvalue weighted by Gasteiger charge is 2.34. The minimum Gasteiger partial charge on any atom is -0.317 e. The zero-order valence-electron chi connectivity index (χ0n) is 12.5. The van der Waals surface area contributed by atoms with Gasteiger partial charge in [0.25, 0.3) is 10.2 Å². The normalized spacial score (nSPS) is 23.8. The Morgan fingerprint density at radius 2 is 1.60 bits per heavy atom. The monoisotopic (exact) mass is 325 g/mol. The van der Waals surface area contributed by atoms with Crippen LogP contribution in [0.5, 0.6) is 0 Å². The molecule has 1 saturated heterocycles. The zero-order valence-corrected chi connectivity index (χ0v) is 14.2. The summed E-state index contributed by atoms with van der Waals surface area (Å²) in [6.45, 7) is 1.29. The Morgan fingerprint density at radius 3 is 2.10 bits per heavy atom. The molecule has 1 N–H and O–H groups in total. The van der Waals surface area contributed by atoms with E-state index in [-0.39, 0.29) is 18.4 Å². The van der Waals surface area contributed by atoms with Crippen LogP contribution in [0.4, 0.5) is 0 Å². The molecule has 0 aromatic rings. The van der Waals surface area contributed by atoms with Crippen molar-refractivity contribution in [2.75, 3.05) is 27.2 Å². The Kier molecular flexibility index (Phi) is 7.21. The van der Waals surface area contributed by atoms with Crippen molar-refractivity contribution < 1.29 is 8.42 Å². The first-order valence-electron chi connectivity index (χ1n) is 7.46. The molecule has 20 heavy (non-hydrogen) atoms. The third-order valence-corrected chi connectivity index (χ3v) is 6.69. The van der Waals surface area contributed by atoms with Gasteiger partial charge in [0.2, 0.25) is 0 Å². The first-order valence-corrected chi connectivity index (χ1v) is 8.85. The highest BCUT2D eigenvalue weighted by molar-refractivity contribution is 7.86. The molecule has 2 fully saturated rings. The maximum Gasteiger partial charge on any atom is 0.281 e. The number of halogens is 1. The third-order valence-electron chi connectivity index (χ3n) is 4.64. The van der Waals surface area contributed by atoms with Gasteiger partial charge in [0.1, 0.15) is 0 Å². The van der Waals surface area contributed by atoms with Crippen molar-refractivity contribution in [3.05, 3.63) is 0 Å². The van der Waals surface area contributed by atoms with Crippen LogP contribution < -0.4 is 5.32 Å². The lowest BCUT2D eigenvalue weighted by molar-refractivity contribution is 0.241. The second kappa shape index (κ2) is 7.94. The molecule has 120 valence electrons. The molecule has 7 heteroatoms. The average molecular weight is 326 g/mol. The number of nitrogens with one attached hydrogen (secondary N) is 1. The van der Waals surface area contributed by atoms with Gasteiger partial charge >= 0.3 is 0 Å². The number of hydrogen-bond donors (Lipinski definition) is 1. The molecule has 1 aliphatic heterocycles.